The number of nitrogens with zero attached hydrogens (tertiary/aromatic N) is 1. The van der Waals surface area contributed by atoms with Gasteiger partial charge < -0.3 is 14.2 Å². The van der Waals surface area contributed by atoms with Gasteiger partial charge in [-0.1, -0.05) is 11.6 Å². The van der Waals surface area contributed by atoms with Crippen molar-refractivity contribution in [1.29, 1.82) is 0 Å². The van der Waals surface area contributed by atoms with Crippen molar-refractivity contribution in [2.75, 3.05) is 26.8 Å². The quantitative estimate of drug-likeness (QED) is 0.548. The molecule has 1 saturated heterocycles. The number of sulfonamides is 1. The lowest BCUT2D eigenvalue weighted by Crippen LogP contribution is -2.40. The predicted octanol–water partition coefficient (Wildman–Crippen LogP) is 3.89. The first-order chi connectivity index (χ1) is 14.8. The number of carbonyl (C=O) groups is 1. The molecule has 1 aliphatic rings. The van der Waals surface area contributed by atoms with Gasteiger partial charge in [-0.3, -0.25) is 4.79 Å². The predicted molar refractivity (Wildman–Crippen MR) is 117 cm³/mol. The number of hydrogen-bond acceptors (Lipinski definition) is 6. The summed E-state index contributed by atoms with van der Waals surface area (Å²) in [7, 11) is -2.08. The van der Waals surface area contributed by atoms with E-state index in [4.69, 9.17) is 25.8 Å². The van der Waals surface area contributed by atoms with Gasteiger partial charge in [-0.25, -0.2) is 8.42 Å². The number of carbonyl (C=O) groups excluding carboxylic acids is 1. The van der Waals surface area contributed by atoms with E-state index in [1.165, 1.54) is 11.4 Å². The van der Waals surface area contributed by atoms with E-state index in [0.717, 1.165) is 0 Å². The summed E-state index contributed by atoms with van der Waals surface area (Å²) in [5, 5.41) is 0.527. The number of piperidine rings is 1. The van der Waals surface area contributed by atoms with Gasteiger partial charge in [-0.15, -0.1) is 0 Å². The third-order valence-electron chi connectivity index (χ3n) is 5.17. The second kappa shape index (κ2) is 10.3. The van der Waals surface area contributed by atoms with Crippen molar-refractivity contribution in [2.45, 2.75) is 31.3 Å². The molecule has 0 atom stereocenters. The number of methoxy groups -OCH3 is 1. The molecule has 7 nitrogen and oxygen atoms in total. The van der Waals surface area contributed by atoms with Crippen LogP contribution < -0.4 is 9.47 Å². The van der Waals surface area contributed by atoms with Crippen LogP contribution in [0, 0.1) is 5.92 Å². The van der Waals surface area contributed by atoms with Crippen LogP contribution in [0.1, 0.15) is 25.3 Å². The fraction of sp³-hybridized carbons (Fsp3) is 0.409. The first kappa shape index (κ1) is 23.4. The Bertz CT molecular complexity index is 1000. The van der Waals surface area contributed by atoms with E-state index >= 15 is 0 Å². The minimum absolute atomic E-state index is 0.0489. The van der Waals surface area contributed by atoms with E-state index in [9.17, 15) is 13.2 Å². The van der Waals surface area contributed by atoms with Crippen molar-refractivity contribution in [2.24, 2.45) is 5.92 Å². The number of hydrogen-bond donors (Lipinski definition) is 0. The van der Waals surface area contributed by atoms with Crippen molar-refractivity contribution < 1.29 is 27.4 Å². The number of esters is 1. The molecule has 9 heteroatoms. The van der Waals surface area contributed by atoms with Crippen LogP contribution in [0.3, 0.4) is 0 Å². The Balaban J connectivity index is 1.56. The Kier molecular flexibility index (Phi) is 7.80. The lowest BCUT2D eigenvalue weighted by atomic mass is 9.98. The smallest absolute Gasteiger partial charge is 0.309 e. The molecule has 0 radical (unpaired) electrons. The van der Waals surface area contributed by atoms with Gasteiger partial charge in [0, 0.05) is 23.7 Å². The van der Waals surface area contributed by atoms with Crippen molar-refractivity contribution in [3.05, 3.63) is 53.1 Å². The number of rotatable bonds is 8. The van der Waals surface area contributed by atoms with Crippen LogP contribution in [-0.2, 0) is 26.2 Å². The van der Waals surface area contributed by atoms with Gasteiger partial charge in [0.15, 0.2) is 0 Å². The Labute approximate surface area is 187 Å². The highest BCUT2D eigenvalue weighted by Crippen LogP contribution is 2.27. The zero-order valence-corrected chi connectivity index (χ0v) is 19.1. The monoisotopic (exact) mass is 467 g/mol. The van der Waals surface area contributed by atoms with E-state index in [2.05, 4.69) is 0 Å². The minimum Gasteiger partial charge on any atom is -0.496 e. The Morgan fingerprint density at radius 3 is 2.42 bits per heavy atom. The zero-order chi connectivity index (χ0) is 22.4. The van der Waals surface area contributed by atoms with Gasteiger partial charge in [0.25, 0.3) is 0 Å². The van der Waals surface area contributed by atoms with Crippen molar-refractivity contribution in [3.63, 3.8) is 0 Å². The molecule has 31 heavy (non-hydrogen) atoms. The summed E-state index contributed by atoms with van der Waals surface area (Å²) in [4.78, 5) is 12.7. The molecule has 0 spiro atoms. The molecule has 1 fully saturated rings. The Morgan fingerprint density at radius 1 is 1.13 bits per heavy atom. The van der Waals surface area contributed by atoms with Crippen LogP contribution in [0.2, 0.25) is 5.02 Å². The third kappa shape index (κ3) is 5.70. The summed E-state index contributed by atoms with van der Waals surface area (Å²) in [6, 6.07) is 11.5. The second-order valence-electron chi connectivity index (χ2n) is 7.15. The van der Waals surface area contributed by atoms with Gasteiger partial charge in [-0.2, -0.15) is 4.31 Å². The molecular weight excluding hydrogens is 442 g/mol. The van der Waals surface area contributed by atoms with E-state index in [1.807, 2.05) is 6.92 Å². The molecule has 0 saturated carbocycles. The molecule has 0 aliphatic carbocycles. The molecule has 0 bridgehead atoms. The highest BCUT2D eigenvalue weighted by atomic mass is 35.5. The minimum atomic E-state index is -3.62. The van der Waals surface area contributed by atoms with E-state index in [-0.39, 0.29) is 36.5 Å². The van der Waals surface area contributed by atoms with E-state index < -0.39 is 10.0 Å². The lowest BCUT2D eigenvalue weighted by Gasteiger charge is -2.30. The molecule has 0 aromatic heterocycles. The van der Waals surface area contributed by atoms with Crippen molar-refractivity contribution in [3.8, 4) is 11.5 Å². The zero-order valence-electron chi connectivity index (χ0n) is 17.5. The summed E-state index contributed by atoms with van der Waals surface area (Å²) in [6.07, 6.45) is 0.809. The van der Waals surface area contributed by atoms with Crippen LogP contribution in [0.4, 0.5) is 0 Å². The normalized spacial score (nSPS) is 15.5. The van der Waals surface area contributed by atoms with Crippen LogP contribution in [0.5, 0.6) is 11.5 Å². The molecule has 0 amide bonds. The van der Waals surface area contributed by atoms with Crippen LogP contribution in [0.25, 0.3) is 0 Å². The standard InChI is InChI=1S/C22H26ClNO6S/c1-3-29-19-5-7-20(8-6-19)31(26,27)24-12-10-16(11-13-24)22(25)30-15-17-14-18(23)4-9-21(17)28-2/h4-9,14,16H,3,10-13,15H2,1-2H3. The molecule has 1 heterocycles. The fourth-order valence-electron chi connectivity index (χ4n) is 3.48. The number of ether oxygens (including phenoxy) is 3. The topological polar surface area (TPSA) is 82.1 Å². The van der Waals surface area contributed by atoms with Gasteiger partial charge >= 0.3 is 5.97 Å². The average molecular weight is 468 g/mol. The molecule has 1 aliphatic heterocycles. The maximum atomic E-state index is 12.9. The molecule has 3 rings (SSSR count). The molecule has 0 unspecified atom stereocenters. The molecule has 0 N–H and O–H groups in total. The Hall–Kier alpha value is -2.29. The van der Waals surface area contributed by atoms with Crippen LogP contribution in [0.15, 0.2) is 47.4 Å². The first-order valence-corrected chi connectivity index (χ1v) is 11.9. The molecule has 2 aromatic carbocycles. The van der Waals surface area contributed by atoms with Gasteiger partial charge in [0.05, 0.1) is 24.5 Å². The van der Waals surface area contributed by atoms with Crippen molar-refractivity contribution in [1.82, 2.24) is 4.31 Å². The maximum absolute atomic E-state index is 12.9. The van der Waals surface area contributed by atoms with Crippen LogP contribution in [-0.4, -0.2) is 45.5 Å². The molecular formula is C22H26ClNO6S. The number of benzene rings is 2. The van der Waals surface area contributed by atoms with Crippen molar-refractivity contribution >= 4 is 27.6 Å². The molecule has 168 valence electrons. The summed E-state index contributed by atoms with van der Waals surface area (Å²) in [5.74, 6) is 0.518. The van der Waals surface area contributed by atoms with Crippen LogP contribution >= 0.6 is 11.6 Å². The average Bonchev–Trinajstić information content (AvgIpc) is 2.78. The highest BCUT2D eigenvalue weighted by molar-refractivity contribution is 7.89. The highest BCUT2D eigenvalue weighted by Gasteiger charge is 2.33. The summed E-state index contributed by atoms with van der Waals surface area (Å²) in [5.41, 5.74) is 0.680. The van der Waals surface area contributed by atoms with E-state index in [1.54, 1.807) is 42.5 Å². The SMILES string of the molecule is CCOc1ccc(S(=O)(=O)N2CCC(C(=O)OCc3cc(Cl)ccc3OC)CC2)cc1. The third-order valence-corrected chi connectivity index (χ3v) is 7.32. The van der Waals surface area contributed by atoms with Gasteiger partial charge in [-0.05, 0) is 62.2 Å². The summed E-state index contributed by atoms with van der Waals surface area (Å²) < 4.78 is 43.3. The largest absolute Gasteiger partial charge is 0.496 e. The fourth-order valence-corrected chi connectivity index (χ4v) is 5.15. The summed E-state index contributed by atoms with van der Waals surface area (Å²) >= 11 is 6.01. The lowest BCUT2D eigenvalue weighted by molar-refractivity contribution is -0.151. The second-order valence-corrected chi connectivity index (χ2v) is 9.52. The van der Waals surface area contributed by atoms with E-state index in [0.29, 0.717) is 41.5 Å². The molecule has 2 aromatic rings. The van der Waals surface area contributed by atoms with Gasteiger partial charge in [0.2, 0.25) is 10.0 Å². The van der Waals surface area contributed by atoms with Gasteiger partial charge in [0.1, 0.15) is 18.1 Å². The maximum Gasteiger partial charge on any atom is 0.309 e. The first-order valence-electron chi connectivity index (χ1n) is 10.1. The number of halogens is 1. The Morgan fingerprint density at radius 2 is 1.81 bits per heavy atom. The summed E-state index contributed by atoms with van der Waals surface area (Å²) in [6.45, 7) is 2.95.